The van der Waals surface area contributed by atoms with Gasteiger partial charge < -0.3 is 20.1 Å². The number of hydrogen-bond donors (Lipinski definition) is 2. The molecule has 2 N–H and O–H groups in total. The van der Waals surface area contributed by atoms with Gasteiger partial charge in [0.2, 0.25) is 0 Å². The number of amides is 2. The molecule has 0 aliphatic heterocycles. The number of hydrogen-bond acceptors (Lipinski definition) is 4. The monoisotopic (exact) mass is 418 g/mol. The second kappa shape index (κ2) is 10.8. The third kappa shape index (κ3) is 6.09. The summed E-state index contributed by atoms with van der Waals surface area (Å²) >= 11 is 0. The highest BCUT2D eigenvalue weighted by molar-refractivity contribution is 6.04. The molecule has 0 heterocycles. The summed E-state index contributed by atoms with van der Waals surface area (Å²) in [6.45, 7) is 2.27. The Morgan fingerprint density at radius 3 is 2.19 bits per heavy atom. The summed E-state index contributed by atoms with van der Waals surface area (Å²) in [7, 11) is 1.59. The van der Waals surface area contributed by atoms with Gasteiger partial charge in [-0.2, -0.15) is 0 Å². The van der Waals surface area contributed by atoms with Crippen molar-refractivity contribution in [1.82, 2.24) is 5.32 Å². The highest BCUT2D eigenvalue weighted by Crippen LogP contribution is 2.21. The number of carbonyl (C=O) groups is 2. The van der Waals surface area contributed by atoms with Crippen molar-refractivity contribution in [2.45, 2.75) is 26.0 Å². The Morgan fingerprint density at radius 2 is 1.52 bits per heavy atom. The number of anilines is 1. The summed E-state index contributed by atoms with van der Waals surface area (Å²) in [6, 6.07) is 23.6. The van der Waals surface area contributed by atoms with Gasteiger partial charge in [-0.1, -0.05) is 49.4 Å². The van der Waals surface area contributed by atoms with Crippen LogP contribution in [-0.2, 0) is 11.3 Å². The number of para-hydroxylation sites is 1. The molecule has 6 nitrogen and oxygen atoms in total. The molecular weight excluding hydrogens is 392 g/mol. The fourth-order valence-corrected chi connectivity index (χ4v) is 3.02. The fourth-order valence-electron chi connectivity index (χ4n) is 3.02. The Balaban J connectivity index is 1.66. The molecule has 0 unspecified atom stereocenters. The maximum Gasteiger partial charge on any atom is 0.265 e. The molecular formula is C25H26N2O4. The minimum atomic E-state index is -0.700. The van der Waals surface area contributed by atoms with E-state index in [1.165, 1.54) is 0 Å². The predicted octanol–water partition coefficient (Wildman–Crippen LogP) is 4.42. The Kier molecular flexibility index (Phi) is 7.65. The van der Waals surface area contributed by atoms with Crippen LogP contribution in [0.1, 0.15) is 29.3 Å². The molecule has 3 rings (SSSR count). The molecule has 3 aromatic carbocycles. The van der Waals surface area contributed by atoms with Gasteiger partial charge in [-0.25, -0.2) is 0 Å². The van der Waals surface area contributed by atoms with E-state index in [1.54, 1.807) is 55.6 Å². The van der Waals surface area contributed by atoms with Crippen molar-refractivity contribution in [2.75, 3.05) is 12.4 Å². The number of nitrogens with one attached hydrogen (secondary N) is 2. The van der Waals surface area contributed by atoms with E-state index >= 15 is 0 Å². The Labute approximate surface area is 182 Å². The lowest BCUT2D eigenvalue weighted by Crippen LogP contribution is -2.33. The fraction of sp³-hybridized carbons (Fsp3) is 0.200. The first-order chi connectivity index (χ1) is 15.1. The third-order valence-electron chi connectivity index (χ3n) is 4.73. The zero-order chi connectivity index (χ0) is 22.1. The van der Waals surface area contributed by atoms with Crippen molar-refractivity contribution in [1.29, 1.82) is 0 Å². The van der Waals surface area contributed by atoms with E-state index in [-0.39, 0.29) is 11.8 Å². The molecule has 31 heavy (non-hydrogen) atoms. The van der Waals surface area contributed by atoms with Crippen molar-refractivity contribution in [2.24, 2.45) is 0 Å². The summed E-state index contributed by atoms with van der Waals surface area (Å²) in [6.07, 6.45) is -0.228. The molecule has 0 spiro atoms. The highest BCUT2D eigenvalue weighted by Gasteiger charge is 2.21. The van der Waals surface area contributed by atoms with Crippen molar-refractivity contribution in [3.63, 3.8) is 0 Å². The summed E-state index contributed by atoms with van der Waals surface area (Å²) < 4.78 is 11.0. The van der Waals surface area contributed by atoms with Crippen LogP contribution in [0, 0.1) is 0 Å². The molecule has 1 atom stereocenters. The molecule has 0 aromatic heterocycles. The normalized spacial score (nSPS) is 11.3. The van der Waals surface area contributed by atoms with E-state index in [0.717, 1.165) is 5.56 Å². The molecule has 0 bridgehead atoms. The van der Waals surface area contributed by atoms with Crippen molar-refractivity contribution in [3.8, 4) is 11.5 Å². The molecule has 0 fully saturated rings. The minimum Gasteiger partial charge on any atom is -0.497 e. The molecule has 6 heteroatoms. The molecule has 160 valence electrons. The molecule has 3 aromatic rings. The van der Waals surface area contributed by atoms with Gasteiger partial charge in [-0.05, 0) is 48.4 Å². The van der Waals surface area contributed by atoms with E-state index in [2.05, 4.69) is 10.6 Å². The van der Waals surface area contributed by atoms with Gasteiger partial charge in [0.05, 0.1) is 18.4 Å². The summed E-state index contributed by atoms with van der Waals surface area (Å²) in [5, 5.41) is 5.72. The minimum absolute atomic E-state index is 0.260. The van der Waals surface area contributed by atoms with Gasteiger partial charge in [0.25, 0.3) is 11.8 Å². The van der Waals surface area contributed by atoms with E-state index < -0.39 is 6.10 Å². The average Bonchev–Trinajstić information content (AvgIpc) is 2.82. The second-order valence-corrected chi connectivity index (χ2v) is 6.89. The second-order valence-electron chi connectivity index (χ2n) is 6.89. The molecule has 0 saturated heterocycles. The van der Waals surface area contributed by atoms with Gasteiger partial charge >= 0.3 is 0 Å². The average molecular weight is 418 g/mol. The topological polar surface area (TPSA) is 76.7 Å². The van der Waals surface area contributed by atoms with E-state index in [4.69, 9.17) is 9.47 Å². The first-order valence-corrected chi connectivity index (χ1v) is 10.1. The van der Waals surface area contributed by atoms with Crippen LogP contribution in [0.25, 0.3) is 0 Å². The first kappa shape index (κ1) is 21.9. The van der Waals surface area contributed by atoms with Gasteiger partial charge in [0, 0.05) is 6.54 Å². The molecule has 0 radical (unpaired) electrons. The standard InChI is InChI=1S/C25H26N2O4/c1-3-23(31-20-15-13-19(30-2)14-16-20)25(29)27-22-12-8-7-11-21(22)24(28)26-17-18-9-5-4-6-10-18/h4-16,23H,3,17H2,1-2H3,(H,26,28)(H,27,29)/t23-/m0/s1. The van der Waals surface area contributed by atoms with Crippen LogP contribution in [0.2, 0.25) is 0 Å². The highest BCUT2D eigenvalue weighted by atomic mass is 16.5. The summed E-state index contributed by atoms with van der Waals surface area (Å²) in [4.78, 5) is 25.5. The predicted molar refractivity (Wildman–Crippen MR) is 120 cm³/mol. The van der Waals surface area contributed by atoms with Crippen LogP contribution < -0.4 is 20.1 Å². The number of benzene rings is 3. The smallest absolute Gasteiger partial charge is 0.265 e. The van der Waals surface area contributed by atoms with E-state index in [9.17, 15) is 9.59 Å². The third-order valence-corrected chi connectivity index (χ3v) is 4.73. The maximum atomic E-state index is 12.8. The van der Waals surface area contributed by atoms with Crippen LogP contribution in [-0.4, -0.2) is 25.0 Å². The van der Waals surface area contributed by atoms with Crippen molar-refractivity contribution in [3.05, 3.63) is 90.0 Å². The van der Waals surface area contributed by atoms with Gasteiger partial charge in [-0.3, -0.25) is 9.59 Å². The first-order valence-electron chi connectivity index (χ1n) is 10.1. The van der Waals surface area contributed by atoms with Gasteiger partial charge in [0.15, 0.2) is 6.10 Å². The van der Waals surface area contributed by atoms with Crippen molar-refractivity contribution < 1.29 is 19.1 Å². The lowest BCUT2D eigenvalue weighted by molar-refractivity contribution is -0.122. The Hall–Kier alpha value is -3.80. The number of ether oxygens (including phenoxy) is 2. The van der Waals surface area contributed by atoms with Gasteiger partial charge in [-0.15, -0.1) is 0 Å². The number of methoxy groups -OCH3 is 1. The molecule has 0 aliphatic rings. The van der Waals surface area contributed by atoms with Crippen LogP contribution >= 0.6 is 0 Å². The largest absolute Gasteiger partial charge is 0.497 e. The van der Waals surface area contributed by atoms with Gasteiger partial charge in [0.1, 0.15) is 11.5 Å². The lowest BCUT2D eigenvalue weighted by atomic mass is 10.1. The number of carbonyl (C=O) groups excluding carboxylic acids is 2. The van der Waals surface area contributed by atoms with E-state index in [0.29, 0.717) is 35.7 Å². The molecule has 0 aliphatic carbocycles. The van der Waals surface area contributed by atoms with Crippen LogP contribution in [0.3, 0.4) is 0 Å². The van der Waals surface area contributed by atoms with Crippen LogP contribution in [0.4, 0.5) is 5.69 Å². The maximum absolute atomic E-state index is 12.8. The summed E-state index contributed by atoms with van der Waals surface area (Å²) in [5.41, 5.74) is 1.83. The lowest BCUT2D eigenvalue weighted by Gasteiger charge is -2.18. The van der Waals surface area contributed by atoms with E-state index in [1.807, 2.05) is 37.3 Å². The van der Waals surface area contributed by atoms with Crippen molar-refractivity contribution >= 4 is 17.5 Å². The quantitative estimate of drug-likeness (QED) is 0.539. The Bertz CT molecular complexity index is 1000. The SMILES string of the molecule is CC[C@H](Oc1ccc(OC)cc1)C(=O)Nc1ccccc1C(=O)NCc1ccccc1. The zero-order valence-electron chi connectivity index (χ0n) is 17.6. The van der Waals surface area contributed by atoms with Crippen LogP contribution in [0.15, 0.2) is 78.9 Å². The summed E-state index contributed by atoms with van der Waals surface area (Å²) in [5.74, 6) is 0.697. The van der Waals surface area contributed by atoms with Crippen LogP contribution in [0.5, 0.6) is 11.5 Å². The Morgan fingerprint density at radius 1 is 0.871 bits per heavy atom. The molecule has 2 amide bonds. The zero-order valence-corrected chi connectivity index (χ0v) is 17.6. The molecule has 0 saturated carbocycles. The number of rotatable bonds is 9.